The quantitative estimate of drug-likeness (QED) is 0.406. The van der Waals surface area contributed by atoms with Crippen LogP contribution in [0.3, 0.4) is 0 Å². The topological polar surface area (TPSA) is 81.3 Å². The normalized spacial score (nSPS) is 31.4. The van der Waals surface area contributed by atoms with Crippen LogP contribution in [0.1, 0.15) is 92.1 Å². The van der Waals surface area contributed by atoms with Gasteiger partial charge in [0.15, 0.2) is 5.78 Å². The van der Waals surface area contributed by atoms with E-state index in [2.05, 4.69) is 13.0 Å². The van der Waals surface area contributed by atoms with Gasteiger partial charge in [-0.15, -0.1) is 0 Å². The molecule has 2 saturated carbocycles. The number of allylic oxidation sites excluding steroid dienone is 4. The molecule has 0 radical (unpaired) electrons. The fourth-order valence-corrected chi connectivity index (χ4v) is 7.18. The molecule has 0 spiro atoms. The van der Waals surface area contributed by atoms with E-state index >= 15 is 0 Å². The number of phenolic OH excluding ortho intramolecular Hbond substituents is 1. The number of carbonyl (C=O) groups is 1. The summed E-state index contributed by atoms with van der Waals surface area (Å²) >= 11 is 0. The van der Waals surface area contributed by atoms with Crippen LogP contribution in [0, 0.1) is 28.6 Å². The molecule has 1 aromatic carbocycles. The number of aromatic hydroxyl groups is 1. The molecule has 0 saturated heterocycles. The molecule has 4 aliphatic carbocycles. The molecule has 0 aliphatic heterocycles. The molecule has 204 valence electrons. The fraction of sp³-hybridized carbons (Fsp3) is 0.586. The van der Waals surface area contributed by atoms with Crippen molar-refractivity contribution in [3.63, 3.8) is 0 Å². The third kappa shape index (κ3) is 5.57. The summed E-state index contributed by atoms with van der Waals surface area (Å²) in [5.74, 6) is 1.38. The minimum Gasteiger partial charge on any atom is -0.508 e. The monoisotopic (exact) mass is 553 g/mol. The van der Waals surface area contributed by atoms with Crippen molar-refractivity contribution in [2.24, 2.45) is 17.3 Å². The molecule has 2 N–H and O–H groups in total. The molecule has 0 aromatic heterocycles. The third-order valence-electron chi connectivity index (χ3n) is 8.72. The van der Waals surface area contributed by atoms with E-state index < -0.39 is 5.60 Å². The van der Waals surface area contributed by atoms with E-state index in [1.807, 2.05) is 18.2 Å². The summed E-state index contributed by atoms with van der Waals surface area (Å²) in [5, 5.41) is 30.8. The zero-order chi connectivity index (χ0) is 21.1. The summed E-state index contributed by atoms with van der Waals surface area (Å²) in [6, 6.07) is 9.73. The zero-order valence-corrected chi connectivity index (χ0v) is 22.0. The van der Waals surface area contributed by atoms with Gasteiger partial charge in [0.25, 0.3) is 0 Å². The molecule has 7 heteroatoms. The van der Waals surface area contributed by atoms with Gasteiger partial charge in [-0.05, 0) is 85.3 Å². The second-order valence-corrected chi connectivity index (χ2v) is 9.99. The maximum atomic E-state index is 12.1. The van der Waals surface area contributed by atoms with Crippen molar-refractivity contribution in [3.05, 3.63) is 52.6 Å². The molecule has 5 atom stereocenters. The molecular weight excluding hydrogens is 507 g/mol. The van der Waals surface area contributed by atoms with Crippen molar-refractivity contribution in [1.82, 2.24) is 0 Å². The van der Waals surface area contributed by atoms with Gasteiger partial charge in [-0.25, -0.2) is 0 Å². The Kier molecular flexibility index (Phi) is 13.8. The van der Waals surface area contributed by atoms with Gasteiger partial charge in [0.05, 0.1) is 18.1 Å². The highest BCUT2D eigenvalue weighted by molar-refractivity contribution is 7.59. The Morgan fingerprint density at radius 1 is 1.03 bits per heavy atom. The molecule has 2 fully saturated rings. The van der Waals surface area contributed by atoms with E-state index in [0.717, 1.165) is 37.7 Å². The summed E-state index contributed by atoms with van der Waals surface area (Å²) < 4.78 is 0. The van der Waals surface area contributed by atoms with Crippen molar-refractivity contribution < 1.29 is 15.0 Å². The van der Waals surface area contributed by atoms with E-state index in [9.17, 15) is 20.3 Å². The molecule has 0 heterocycles. The minimum absolute atomic E-state index is 0. The first kappa shape index (κ1) is 36.8. The number of phenols is 1. The van der Waals surface area contributed by atoms with Crippen LogP contribution in [-0.2, 0) is 4.79 Å². The van der Waals surface area contributed by atoms with E-state index in [-0.39, 0.29) is 92.1 Å². The Balaban J connectivity index is 0. The zero-order valence-electron chi connectivity index (χ0n) is 19.0. The molecule has 5 rings (SSSR count). The van der Waals surface area contributed by atoms with Gasteiger partial charge in [-0.1, -0.05) is 46.9 Å². The summed E-state index contributed by atoms with van der Waals surface area (Å²) in [7, 11) is 0. The predicted molar refractivity (Wildman–Crippen MR) is 165 cm³/mol. The first-order chi connectivity index (χ1) is 14.4. The van der Waals surface area contributed by atoms with Crippen molar-refractivity contribution >= 4 is 46.3 Å². The number of nitrogens with zero attached hydrogens (tertiary/aromatic N) is 1. The van der Waals surface area contributed by atoms with Crippen LogP contribution in [0.5, 0.6) is 5.75 Å². The Labute approximate surface area is 239 Å². The van der Waals surface area contributed by atoms with Gasteiger partial charge >= 0.3 is 0 Å². The van der Waals surface area contributed by atoms with Crippen LogP contribution < -0.4 is 0 Å². The highest BCUT2D eigenvalue weighted by Gasteiger charge is 2.62. The number of fused-ring (bicyclic) bond motifs is 4. The Hall–Kier alpha value is -1.33. The van der Waals surface area contributed by atoms with Gasteiger partial charge in [0.1, 0.15) is 5.75 Å². The van der Waals surface area contributed by atoms with E-state index in [4.69, 9.17) is 0 Å². The lowest BCUT2D eigenvalue weighted by Gasteiger charge is -2.54. The SMILES string of the molecule is C.C.C.C[C@]12C[C@H](c3ccc(O)cc3)C3=C4CCC(=O)C=C4CC[C@H]3[C@@H]1CC[C@@]2(O)CC#N.S.S.S. The van der Waals surface area contributed by atoms with E-state index in [0.29, 0.717) is 24.7 Å². The Bertz CT molecular complexity index is 1010. The van der Waals surface area contributed by atoms with Crippen molar-refractivity contribution in [3.8, 4) is 11.8 Å². The van der Waals surface area contributed by atoms with Gasteiger partial charge in [0, 0.05) is 17.8 Å². The van der Waals surface area contributed by atoms with Crippen LogP contribution in [0.25, 0.3) is 0 Å². The second kappa shape index (κ2) is 13.5. The number of benzene rings is 1. The highest BCUT2D eigenvalue weighted by Crippen LogP contribution is 2.67. The minimum atomic E-state index is -0.948. The van der Waals surface area contributed by atoms with Crippen molar-refractivity contribution in [2.75, 3.05) is 0 Å². The largest absolute Gasteiger partial charge is 0.508 e. The number of hydrogen-bond donors (Lipinski definition) is 2. The Morgan fingerprint density at radius 3 is 2.28 bits per heavy atom. The van der Waals surface area contributed by atoms with Crippen LogP contribution >= 0.6 is 40.5 Å². The van der Waals surface area contributed by atoms with Crippen LogP contribution in [-0.4, -0.2) is 21.6 Å². The number of rotatable bonds is 2. The van der Waals surface area contributed by atoms with Crippen LogP contribution in [0.15, 0.2) is 47.1 Å². The third-order valence-corrected chi connectivity index (χ3v) is 8.72. The first-order valence-corrected chi connectivity index (χ1v) is 11.2. The van der Waals surface area contributed by atoms with E-state index in [1.165, 1.54) is 16.7 Å². The molecule has 4 nitrogen and oxygen atoms in total. The molecule has 0 bridgehead atoms. The lowest BCUT2D eigenvalue weighted by Crippen LogP contribution is -2.51. The number of aliphatic hydroxyl groups is 1. The molecule has 1 aromatic rings. The van der Waals surface area contributed by atoms with Gasteiger partial charge in [-0.2, -0.15) is 45.7 Å². The average molecular weight is 554 g/mol. The molecule has 36 heavy (non-hydrogen) atoms. The number of nitriles is 1. The van der Waals surface area contributed by atoms with Crippen molar-refractivity contribution in [2.45, 2.75) is 92.1 Å². The predicted octanol–water partition coefficient (Wildman–Crippen LogP) is 7.18. The smallest absolute Gasteiger partial charge is 0.156 e. The van der Waals surface area contributed by atoms with Crippen molar-refractivity contribution in [1.29, 1.82) is 5.26 Å². The number of hydrogen-bond acceptors (Lipinski definition) is 4. The van der Waals surface area contributed by atoms with Gasteiger partial charge in [-0.3, -0.25) is 4.79 Å². The summed E-state index contributed by atoms with van der Waals surface area (Å²) in [5.41, 5.74) is 3.96. The fourth-order valence-electron chi connectivity index (χ4n) is 7.18. The standard InChI is InChI=1S/C26H29NO3.3CH4.3H2S/c1-25-15-22(16-2-5-18(28)6-3-16)24-20-9-7-19(29)14-17(20)4-8-21(24)23(25)10-11-26(25,30)12-13-27;;;;;;/h2-3,5-6,14,21-23,28,30H,4,7-12,15H2,1H3;3*1H4;3*1H2/t21-,22+,23-,25-,26+;;;;;;/m0....../s1. The molecule has 0 amide bonds. The maximum absolute atomic E-state index is 12.1. The van der Waals surface area contributed by atoms with Gasteiger partial charge in [0.2, 0.25) is 0 Å². The van der Waals surface area contributed by atoms with E-state index in [1.54, 1.807) is 12.1 Å². The Morgan fingerprint density at radius 2 is 1.67 bits per heavy atom. The van der Waals surface area contributed by atoms with Crippen LogP contribution in [0.2, 0.25) is 0 Å². The first-order valence-electron chi connectivity index (χ1n) is 11.2. The maximum Gasteiger partial charge on any atom is 0.156 e. The summed E-state index contributed by atoms with van der Waals surface area (Å²) in [4.78, 5) is 12.1. The number of ketones is 1. The van der Waals surface area contributed by atoms with Crippen LogP contribution in [0.4, 0.5) is 0 Å². The lowest BCUT2D eigenvalue weighted by molar-refractivity contribution is -0.114. The summed E-state index contributed by atoms with van der Waals surface area (Å²) in [6.45, 7) is 2.20. The molecule has 0 unspecified atom stereocenters. The lowest BCUT2D eigenvalue weighted by atomic mass is 9.51. The summed E-state index contributed by atoms with van der Waals surface area (Å²) in [6.07, 6.45) is 7.83. The second-order valence-electron chi connectivity index (χ2n) is 9.99. The average Bonchev–Trinajstić information content (AvgIpc) is 2.98. The number of carbonyl (C=O) groups excluding carboxylic acids is 1. The highest BCUT2D eigenvalue weighted by atomic mass is 32.1. The molecule has 4 aliphatic rings. The molecular formula is C29H47NO3S3. The van der Waals surface area contributed by atoms with Gasteiger partial charge < -0.3 is 10.2 Å².